The van der Waals surface area contributed by atoms with Gasteiger partial charge in [0.05, 0.1) is 19.4 Å². The van der Waals surface area contributed by atoms with Crippen LogP contribution in [-0.2, 0) is 15.5 Å². The van der Waals surface area contributed by atoms with Crippen LogP contribution in [0.25, 0.3) is 0 Å². The number of phenols is 1. The Balaban J connectivity index is 2.38. The molecular weight excluding hydrogens is 391 g/mol. The van der Waals surface area contributed by atoms with E-state index in [0.717, 1.165) is 5.69 Å². The lowest BCUT2D eigenvalue weighted by Gasteiger charge is -2.28. The summed E-state index contributed by atoms with van der Waals surface area (Å²) in [5, 5.41) is 13.6. The maximum atomic E-state index is 13.7. The molecule has 2 unspecified atom stereocenters. The van der Waals surface area contributed by atoms with Crippen molar-refractivity contribution >= 4 is 13.3 Å². The Morgan fingerprint density at radius 3 is 2.59 bits per heavy atom. The molecule has 0 saturated carbocycles. The Bertz CT molecular complexity index is 829. The highest BCUT2D eigenvalue weighted by Gasteiger charge is 2.37. The summed E-state index contributed by atoms with van der Waals surface area (Å²) < 4.78 is 30.6. The van der Waals surface area contributed by atoms with E-state index >= 15 is 0 Å². The van der Waals surface area contributed by atoms with Crippen molar-refractivity contribution in [3.63, 3.8) is 0 Å². The van der Waals surface area contributed by atoms with Crippen LogP contribution in [0.3, 0.4) is 0 Å². The lowest BCUT2D eigenvalue weighted by molar-refractivity contribution is 0.270. The molecule has 0 saturated heterocycles. The van der Waals surface area contributed by atoms with Crippen molar-refractivity contribution in [3.05, 3.63) is 42.2 Å². The molecule has 0 amide bonds. The Kier molecular flexibility index (Phi) is 8.35. The molecular formula is C21H31N2O5P. The van der Waals surface area contributed by atoms with Gasteiger partial charge < -0.3 is 19.7 Å². The molecule has 0 spiro atoms. The van der Waals surface area contributed by atoms with Gasteiger partial charge >= 0.3 is 7.60 Å². The number of ether oxygens (including phenoxy) is 1. The second kappa shape index (κ2) is 10.5. The van der Waals surface area contributed by atoms with E-state index in [0.29, 0.717) is 30.1 Å². The van der Waals surface area contributed by atoms with Gasteiger partial charge in [-0.2, -0.15) is 0 Å². The highest BCUT2D eigenvalue weighted by atomic mass is 31.2. The minimum Gasteiger partial charge on any atom is -0.504 e. The standard InChI is InChI=1S/C21H31N2O5P/c1-6-20(23-17-9-8-10-22-14-17)29(25,27-7-2)28-18-12-16(11-15(3)4)21(24)19(13-18)26-5/h8-10,12-15,20,23-24H,6-7,11H2,1-5H3. The number of hydrogen-bond acceptors (Lipinski definition) is 7. The first-order valence-electron chi connectivity index (χ1n) is 9.83. The second-order valence-corrected chi connectivity index (χ2v) is 9.23. The maximum Gasteiger partial charge on any atom is 0.401 e. The highest BCUT2D eigenvalue weighted by Crippen LogP contribution is 2.55. The number of nitrogens with one attached hydrogen (secondary N) is 1. The van der Waals surface area contributed by atoms with E-state index in [2.05, 4.69) is 24.1 Å². The van der Waals surface area contributed by atoms with Crippen LogP contribution < -0.4 is 14.6 Å². The number of nitrogens with zero attached hydrogens (tertiary/aromatic N) is 1. The van der Waals surface area contributed by atoms with E-state index in [1.165, 1.54) is 13.2 Å². The summed E-state index contributed by atoms with van der Waals surface area (Å²) in [5.74, 6) is 0.420. The lowest BCUT2D eigenvalue weighted by atomic mass is 10.0. The molecule has 1 heterocycles. The molecule has 2 atom stereocenters. The number of hydrogen-bond donors (Lipinski definition) is 2. The van der Waals surface area contributed by atoms with E-state index in [1.54, 1.807) is 31.5 Å². The Labute approximate surface area is 173 Å². The van der Waals surface area contributed by atoms with E-state index < -0.39 is 13.4 Å². The zero-order chi connectivity index (χ0) is 21.4. The lowest BCUT2D eigenvalue weighted by Crippen LogP contribution is -2.23. The molecule has 0 aliphatic rings. The molecule has 1 aromatic carbocycles. The van der Waals surface area contributed by atoms with Gasteiger partial charge in [-0.25, -0.2) is 4.57 Å². The third kappa shape index (κ3) is 6.12. The molecule has 29 heavy (non-hydrogen) atoms. The number of phenolic OH excluding ortho intramolecular Hbond substituents is 1. The molecule has 2 aromatic rings. The summed E-state index contributed by atoms with van der Waals surface area (Å²) >= 11 is 0. The fourth-order valence-corrected chi connectivity index (χ4v) is 4.87. The van der Waals surface area contributed by atoms with Crippen LogP contribution in [0.5, 0.6) is 17.2 Å². The molecule has 0 fully saturated rings. The predicted molar refractivity (Wildman–Crippen MR) is 115 cm³/mol. The number of methoxy groups -OCH3 is 1. The molecule has 0 bridgehead atoms. The molecule has 0 radical (unpaired) electrons. The van der Waals surface area contributed by atoms with Gasteiger partial charge in [-0.15, -0.1) is 0 Å². The van der Waals surface area contributed by atoms with Gasteiger partial charge in [0.2, 0.25) is 0 Å². The average Bonchev–Trinajstić information content (AvgIpc) is 2.69. The quantitative estimate of drug-likeness (QED) is 0.465. The largest absolute Gasteiger partial charge is 0.504 e. The predicted octanol–water partition coefficient (Wildman–Crippen LogP) is 5.45. The first kappa shape index (κ1) is 23.0. The number of pyridine rings is 1. The van der Waals surface area contributed by atoms with Gasteiger partial charge in [0.15, 0.2) is 11.5 Å². The fourth-order valence-electron chi connectivity index (χ4n) is 2.99. The maximum absolute atomic E-state index is 13.7. The van der Waals surface area contributed by atoms with Gasteiger partial charge in [-0.05, 0) is 43.9 Å². The van der Waals surface area contributed by atoms with Crippen molar-refractivity contribution in [1.82, 2.24) is 4.98 Å². The zero-order valence-corrected chi connectivity index (χ0v) is 18.6. The fraction of sp³-hybridized carbons (Fsp3) is 0.476. The summed E-state index contributed by atoms with van der Waals surface area (Å²) in [6.07, 6.45) is 4.47. The molecule has 160 valence electrons. The second-order valence-electron chi connectivity index (χ2n) is 7.09. The molecule has 7 nitrogen and oxygen atoms in total. The van der Waals surface area contributed by atoms with E-state index in [4.69, 9.17) is 13.8 Å². The van der Waals surface area contributed by atoms with Gasteiger partial charge in [0.1, 0.15) is 11.5 Å². The summed E-state index contributed by atoms with van der Waals surface area (Å²) in [7, 11) is -2.12. The van der Waals surface area contributed by atoms with Crippen molar-refractivity contribution in [2.75, 3.05) is 19.0 Å². The Morgan fingerprint density at radius 1 is 1.28 bits per heavy atom. The average molecular weight is 422 g/mol. The van der Waals surface area contributed by atoms with Gasteiger partial charge in [0, 0.05) is 24.0 Å². The topological polar surface area (TPSA) is 89.9 Å². The Hall–Kier alpha value is -2.24. The number of benzene rings is 1. The Morgan fingerprint density at radius 2 is 2.03 bits per heavy atom. The molecule has 2 N–H and O–H groups in total. The molecule has 2 rings (SSSR count). The molecule has 0 aliphatic heterocycles. The van der Waals surface area contributed by atoms with Crippen molar-refractivity contribution in [3.8, 4) is 17.2 Å². The van der Waals surface area contributed by atoms with Crippen molar-refractivity contribution in [2.24, 2.45) is 5.92 Å². The smallest absolute Gasteiger partial charge is 0.401 e. The summed E-state index contributed by atoms with van der Waals surface area (Å²) in [6.45, 7) is 8.01. The summed E-state index contributed by atoms with van der Waals surface area (Å²) in [5.41, 5.74) is 1.40. The van der Waals surface area contributed by atoms with Crippen LogP contribution >= 0.6 is 7.60 Å². The number of rotatable bonds is 11. The third-order valence-electron chi connectivity index (χ3n) is 4.28. The summed E-state index contributed by atoms with van der Waals surface area (Å²) in [6, 6.07) is 6.86. The van der Waals surface area contributed by atoms with Crippen LogP contribution in [0.15, 0.2) is 36.7 Å². The molecule has 0 aliphatic carbocycles. The minimum atomic E-state index is -3.59. The van der Waals surface area contributed by atoms with Crippen molar-refractivity contribution in [2.45, 2.75) is 46.3 Å². The number of aromatic hydroxyl groups is 1. The van der Waals surface area contributed by atoms with Crippen LogP contribution in [0.4, 0.5) is 5.69 Å². The van der Waals surface area contributed by atoms with Gasteiger partial charge in [-0.3, -0.25) is 9.51 Å². The first-order valence-corrected chi connectivity index (χ1v) is 11.4. The molecule has 1 aromatic heterocycles. The van der Waals surface area contributed by atoms with Gasteiger partial charge in [0.25, 0.3) is 0 Å². The van der Waals surface area contributed by atoms with E-state index in [-0.39, 0.29) is 18.1 Å². The molecule has 8 heteroatoms. The van der Waals surface area contributed by atoms with Crippen LogP contribution in [-0.4, -0.2) is 29.6 Å². The highest BCUT2D eigenvalue weighted by molar-refractivity contribution is 7.55. The van der Waals surface area contributed by atoms with Crippen LogP contribution in [0.2, 0.25) is 0 Å². The monoisotopic (exact) mass is 422 g/mol. The SMILES string of the molecule is CCOP(=O)(Oc1cc(CC(C)C)c(O)c(OC)c1)C(CC)Nc1cccnc1. The normalized spacial score (nSPS) is 14.3. The van der Waals surface area contributed by atoms with Crippen LogP contribution in [0.1, 0.15) is 39.7 Å². The minimum absolute atomic E-state index is 0.0697. The van der Waals surface area contributed by atoms with E-state index in [9.17, 15) is 9.67 Å². The number of anilines is 1. The first-order chi connectivity index (χ1) is 13.8. The van der Waals surface area contributed by atoms with Gasteiger partial charge in [-0.1, -0.05) is 20.8 Å². The van der Waals surface area contributed by atoms with Crippen molar-refractivity contribution in [1.29, 1.82) is 0 Å². The van der Waals surface area contributed by atoms with E-state index in [1.807, 2.05) is 13.0 Å². The zero-order valence-electron chi connectivity index (χ0n) is 17.7. The number of aromatic nitrogens is 1. The van der Waals surface area contributed by atoms with Crippen molar-refractivity contribution < 1.29 is 23.5 Å². The summed E-state index contributed by atoms with van der Waals surface area (Å²) in [4.78, 5) is 4.08. The van der Waals surface area contributed by atoms with Crippen LogP contribution in [0, 0.1) is 5.92 Å². The third-order valence-corrected chi connectivity index (χ3v) is 6.62.